The Morgan fingerprint density at radius 1 is 1.33 bits per heavy atom. The first kappa shape index (κ1) is 14.9. The number of sulfonamides is 1. The molecule has 0 aliphatic heterocycles. The van der Waals surface area contributed by atoms with E-state index < -0.39 is 10.0 Å². The van der Waals surface area contributed by atoms with Crippen LogP contribution in [0.25, 0.3) is 0 Å². The van der Waals surface area contributed by atoms with Crippen LogP contribution in [-0.2, 0) is 10.0 Å². The van der Waals surface area contributed by atoms with Gasteiger partial charge >= 0.3 is 0 Å². The standard InChI is InChI=1S/C15H20N2O2S2/c1-9-6-12(15(16)20)4-5-14(9)21(18,19)17-13-8-10-2-3-11(13)7-10/h4-6,10-11,13,17H,2-3,7-8H2,1H3,(H2,16,20). The molecule has 2 bridgehead atoms. The van der Waals surface area contributed by atoms with E-state index in [9.17, 15) is 8.42 Å². The monoisotopic (exact) mass is 324 g/mol. The minimum Gasteiger partial charge on any atom is -0.389 e. The summed E-state index contributed by atoms with van der Waals surface area (Å²) in [5.41, 5.74) is 6.95. The zero-order valence-corrected chi connectivity index (χ0v) is 13.6. The van der Waals surface area contributed by atoms with Gasteiger partial charge in [-0.05, 0) is 55.7 Å². The van der Waals surface area contributed by atoms with Crippen LogP contribution in [0, 0.1) is 18.8 Å². The van der Waals surface area contributed by atoms with Gasteiger partial charge in [-0.25, -0.2) is 13.1 Å². The predicted octanol–water partition coefficient (Wildman–Crippen LogP) is 2.10. The van der Waals surface area contributed by atoms with E-state index in [2.05, 4.69) is 4.72 Å². The zero-order chi connectivity index (χ0) is 15.2. The Bertz CT molecular complexity index is 685. The lowest BCUT2D eigenvalue weighted by atomic mass is 9.96. The lowest BCUT2D eigenvalue weighted by Gasteiger charge is -2.23. The van der Waals surface area contributed by atoms with Gasteiger partial charge in [0, 0.05) is 11.6 Å². The van der Waals surface area contributed by atoms with Gasteiger partial charge in [-0.15, -0.1) is 0 Å². The molecule has 3 unspecified atom stereocenters. The number of hydrogen-bond donors (Lipinski definition) is 2. The van der Waals surface area contributed by atoms with Gasteiger partial charge in [0.25, 0.3) is 0 Å². The van der Waals surface area contributed by atoms with Crippen molar-refractivity contribution in [3.05, 3.63) is 29.3 Å². The second-order valence-corrected chi connectivity index (χ2v) is 8.37. The van der Waals surface area contributed by atoms with Crippen LogP contribution in [0.15, 0.2) is 23.1 Å². The molecule has 0 aromatic heterocycles. The molecule has 0 amide bonds. The van der Waals surface area contributed by atoms with Gasteiger partial charge in [0.05, 0.1) is 4.90 Å². The normalized spacial score (nSPS) is 28.0. The Labute approximate surface area is 131 Å². The maximum atomic E-state index is 12.6. The topological polar surface area (TPSA) is 72.2 Å². The minimum atomic E-state index is -3.47. The number of fused-ring (bicyclic) bond motifs is 2. The summed E-state index contributed by atoms with van der Waals surface area (Å²) >= 11 is 4.92. The number of aryl methyl sites for hydroxylation is 1. The summed E-state index contributed by atoms with van der Waals surface area (Å²) in [5.74, 6) is 1.22. The van der Waals surface area contributed by atoms with Gasteiger partial charge in [-0.1, -0.05) is 24.7 Å². The number of nitrogens with one attached hydrogen (secondary N) is 1. The highest BCUT2D eigenvalue weighted by atomic mass is 32.2. The number of nitrogens with two attached hydrogens (primary N) is 1. The van der Waals surface area contributed by atoms with Crippen molar-refractivity contribution in [2.24, 2.45) is 17.6 Å². The molecule has 21 heavy (non-hydrogen) atoms. The number of thiocarbonyl (C=S) groups is 1. The van der Waals surface area contributed by atoms with E-state index in [-0.39, 0.29) is 11.0 Å². The minimum absolute atomic E-state index is 0.100. The first-order chi connectivity index (χ1) is 9.87. The lowest BCUT2D eigenvalue weighted by molar-refractivity contribution is 0.390. The van der Waals surface area contributed by atoms with E-state index in [4.69, 9.17) is 18.0 Å². The molecule has 2 fully saturated rings. The van der Waals surface area contributed by atoms with Gasteiger partial charge in [0.2, 0.25) is 10.0 Å². The van der Waals surface area contributed by atoms with Crippen molar-refractivity contribution in [1.82, 2.24) is 4.72 Å². The second-order valence-electron chi connectivity index (χ2n) is 6.25. The van der Waals surface area contributed by atoms with Crippen LogP contribution in [0.5, 0.6) is 0 Å². The zero-order valence-electron chi connectivity index (χ0n) is 12.0. The molecule has 114 valence electrons. The lowest BCUT2D eigenvalue weighted by Crippen LogP contribution is -2.38. The van der Waals surface area contributed by atoms with Crippen molar-refractivity contribution in [2.75, 3.05) is 0 Å². The molecule has 6 heteroatoms. The van der Waals surface area contributed by atoms with E-state index in [1.807, 2.05) is 0 Å². The van der Waals surface area contributed by atoms with Crippen molar-refractivity contribution in [2.45, 2.75) is 43.5 Å². The van der Waals surface area contributed by atoms with Crippen LogP contribution in [0.2, 0.25) is 0 Å². The third-order valence-corrected chi connectivity index (χ3v) is 6.68. The maximum Gasteiger partial charge on any atom is 0.241 e. The molecule has 2 aliphatic rings. The summed E-state index contributed by atoms with van der Waals surface area (Å²) in [6.45, 7) is 1.77. The fourth-order valence-corrected chi connectivity index (χ4v) is 5.43. The van der Waals surface area contributed by atoms with Crippen molar-refractivity contribution < 1.29 is 8.42 Å². The van der Waals surface area contributed by atoms with Gasteiger partial charge in [-0.3, -0.25) is 0 Å². The molecule has 0 heterocycles. The number of rotatable bonds is 4. The van der Waals surface area contributed by atoms with Gasteiger partial charge in [-0.2, -0.15) is 0 Å². The number of hydrogen-bond acceptors (Lipinski definition) is 3. The molecule has 2 aliphatic carbocycles. The Morgan fingerprint density at radius 3 is 2.62 bits per heavy atom. The Morgan fingerprint density at radius 2 is 2.10 bits per heavy atom. The van der Waals surface area contributed by atoms with Crippen molar-refractivity contribution in [1.29, 1.82) is 0 Å². The highest BCUT2D eigenvalue weighted by Gasteiger charge is 2.41. The Kier molecular flexibility index (Phi) is 3.80. The van der Waals surface area contributed by atoms with Crippen LogP contribution in [0.3, 0.4) is 0 Å². The van der Waals surface area contributed by atoms with Crippen molar-refractivity contribution >= 4 is 27.2 Å². The third kappa shape index (κ3) is 2.84. The van der Waals surface area contributed by atoms with E-state index in [0.29, 0.717) is 27.9 Å². The molecule has 4 nitrogen and oxygen atoms in total. The Hall–Kier alpha value is -0.980. The summed E-state index contributed by atoms with van der Waals surface area (Å²) in [6.07, 6.45) is 4.56. The summed E-state index contributed by atoms with van der Waals surface area (Å²) in [6, 6.07) is 5.10. The smallest absolute Gasteiger partial charge is 0.241 e. The van der Waals surface area contributed by atoms with E-state index in [1.165, 1.54) is 12.8 Å². The van der Waals surface area contributed by atoms with Gasteiger partial charge in [0.1, 0.15) is 4.99 Å². The van der Waals surface area contributed by atoms with Crippen LogP contribution >= 0.6 is 12.2 Å². The summed E-state index contributed by atoms with van der Waals surface area (Å²) in [7, 11) is -3.47. The predicted molar refractivity (Wildman–Crippen MR) is 86.6 cm³/mol. The first-order valence-electron chi connectivity index (χ1n) is 7.29. The van der Waals surface area contributed by atoms with Crippen LogP contribution in [0.4, 0.5) is 0 Å². The van der Waals surface area contributed by atoms with Crippen LogP contribution in [-0.4, -0.2) is 19.4 Å². The quantitative estimate of drug-likeness (QED) is 0.832. The Balaban J connectivity index is 1.83. The van der Waals surface area contributed by atoms with E-state index >= 15 is 0 Å². The van der Waals surface area contributed by atoms with Gasteiger partial charge < -0.3 is 5.73 Å². The first-order valence-corrected chi connectivity index (χ1v) is 9.19. The summed E-state index contributed by atoms with van der Waals surface area (Å²) in [5, 5.41) is 0. The fraction of sp³-hybridized carbons (Fsp3) is 0.533. The van der Waals surface area contributed by atoms with Crippen LogP contribution < -0.4 is 10.5 Å². The highest BCUT2D eigenvalue weighted by molar-refractivity contribution is 7.89. The van der Waals surface area contributed by atoms with Gasteiger partial charge in [0.15, 0.2) is 0 Å². The fourth-order valence-electron chi connectivity index (χ4n) is 3.76. The molecule has 1 aromatic carbocycles. The largest absolute Gasteiger partial charge is 0.389 e. The second kappa shape index (κ2) is 5.34. The molecule has 3 N–H and O–H groups in total. The molecule has 1 aromatic rings. The van der Waals surface area contributed by atoms with Crippen molar-refractivity contribution in [3.8, 4) is 0 Å². The maximum absolute atomic E-state index is 12.6. The molecule has 3 rings (SSSR count). The van der Waals surface area contributed by atoms with Crippen molar-refractivity contribution in [3.63, 3.8) is 0 Å². The summed E-state index contributed by atoms with van der Waals surface area (Å²) in [4.78, 5) is 0.605. The van der Waals surface area contributed by atoms with E-state index in [1.54, 1.807) is 25.1 Å². The highest BCUT2D eigenvalue weighted by Crippen LogP contribution is 2.44. The molecule has 0 saturated heterocycles. The molecular formula is C15H20N2O2S2. The molecule has 0 spiro atoms. The average molecular weight is 324 g/mol. The molecule has 0 radical (unpaired) electrons. The SMILES string of the molecule is Cc1cc(C(N)=S)ccc1S(=O)(=O)NC1CC2CCC1C2. The number of benzene rings is 1. The molecule has 2 saturated carbocycles. The summed E-state index contributed by atoms with van der Waals surface area (Å²) < 4.78 is 28.1. The third-order valence-electron chi connectivity index (χ3n) is 4.79. The molecule has 3 atom stereocenters. The van der Waals surface area contributed by atoms with Crippen LogP contribution in [0.1, 0.15) is 36.8 Å². The van der Waals surface area contributed by atoms with E-state index in [0.717, 1.165) is 12.8 Å². The average Bonchev–Trinajstić information content (AvgIpc) is 2.99. The molecular weight excluding hydrogens is 304 g/mol.